The smallest absolute Gasteiger partial charge is 0.269 e. The van der Waals surface area contributed by atoms with Crippen LogP contribution in [0, 0.1) is 0 Å². The maximum Gasteiger partial charge on any atom is 0.269 e. The summed E-state index contributed by atoms with van der Waals surface area (Å²) >= 11 is 0. The number of amides is 1. The van der Waals surface area contributed by atoms with Crippen LogP contribution in [0.4, 0.5) is 5.82 Å². The maximum atomic E-state index is 10.7. The van der Waals surface area contributed by atoms with E-state index in [0.29, 0.717) is 5.82 Å². The lowest BCUT2D eigenvalue weighted by Gasteiger charge is -2.20. The molecule has 1 atom stereocenters. The van der Waals surface area contributed by atoms with Crippen molar-refractivity contribution in [3.05, 3.63) is 17.8 Å². The summed E-state index contributed by atoms with van der Waals surface area (Å²) in [7, 11) is 0. The number of nitrogens with one attached hydrogen (secondary N) is 1. The van der Waals surface area contributed by atoms with Gasteiger partial charge in [-0.05, 0) is 19.1 Å². The Bertz CT molecular complexity index is 364. The highest BCUT2D eigenvalue weighted by Gasteiger charge is 2.18. The Morgan fingerprint density at radius 1 is 1.56 bits per heavy atom. The third-order valence-electron chi connectivity index (χ3n) is 1.91. The fourth-order valence-electron chi connectivity index (χ4n) is 0.895. The Morgan fingerprint density at radius 3 is 2.69 bits per heavy atom. The molecule has 1 aromatic heterocycles. The number of hydrogen-bond donors (Lipinski definition) is 4. The summed E-state index contributed by atoms with van der Waals surface area (Å²) in [4.78, 5) is 10.7. The summed E-state index contributed by atoms with van der Waals surface area (Å²) < 4.78 is 0. The van der Waals surface area contributed by atoms with Crippen LogP contribution < -0.4 is 11.1 Å². The Kier molecular flexibility index (Phi) is 3.75. The van der Waals surface area contributed by atoms with Gasteiger partial charge in [0.05, 0.1) is 6.61 Å². The second-order valence-electron chi connectivity index (χ2n) is 3.68. The van der Waals surface area contributed by atoms with Gasteiger partial charge in [0.2, 0.25) is 0 Å². The number of anilines is 1. The highest BCUT2D eigenvalue weighted by molar-refractivity contribution is 5.90. The van der Waals surface area contributed by atoms with Gasteiger partial charge in [0, 0.05) is 6.54 Å². The summed E-state index contributed by atoms with van der Waals surface area (Å²) in [6.07, 6.45) is 0. The first-order valence-electron chi connectivity index (χ1n) is 4.65. The van der Waals surface area contributed by atoms with E-state index in [4.69, 9.17) is 10.8 Å². The van der Waals surface area contributed by atoms with Crippen LogP contribution in [0.15, 0.2) is 12.1 Å². The average Bonchev–Trinajstić information content (AvgIpc) is 2.27. The second kappa shape index (κ2) is 4.86. The molecule has 7 nitrogen and oxygen atoms in total. The molecule has 0 spiro atoms. The fourth-order valence-corrected chi connectivity index (χ4v) is 0.895. The van der Waals surface area contributed by atoms with Crippen LogP contribution in [-0.2, 0) is 0 Å². The monoisotopic (exact) mass is 226 g/mol. The average molecular weight is 226 g/mol. The zero-order valence-corrected chi connectivity index (χ0v) is 8.84. The van der Waals surface area contributed by atoms with Crippen LogP contribution in [0.3, 0.4) is 0 Å². The number of nitrogens with zero attached hydrogens (tertiary/aromatic N) is 2. The van der Waals surface area contributed by atoms with E-state index in [1.807, 2.05) is 0 Å². The Hall–Kier alpha value is -1.73. The highest BCUT2D eigenvalue weighted by Crippen LogP contribution is 2.06. The number of aliphatic hydroxyl groups is 2. The molecule has 16 heavy (non-hydrogen) atoms. The van der Waals surface area contributed by atoms with Gasteiger partial charge in [0.15, 0.2) is 5.69 Å². The minimum absolute atomic E-state index is 0.0690. The first kappa shape index (κ1) is 12.3. The lowest BCUT2D eigenvalue weighted by atomic mass is 10.1. The van der Waals surface area contributed by atoms with Gasteiger partial charge in [-0.25, -0.2) is 0 Å². The van der Waals surface area contributed by atoms with Gasteiger partial charge in [0.25, 0.3) is 5.91 Å². The van der Waals surface area contributed by atoms with Crippen LogP contribution in [0.5, 0.6) is 0 Å². The third-order valence-corrected chi connectivity index (χ3v) is 1.91. The van der Waals surface area contributed by atoms with Crippen molar-refractivity contribution in [2.75, 3.05) is 18.5 Å². The summed E-state index contributed by atoms with van der Waals surface area (Å²) in [5, 5.41) is 28.3. The van der Waals surface area contributed by atoms with Crippen LogP contribution in [0.2, 0.25) is 0 Å². The topological polar surface area (TPSA) is 121 Å². The molecule has 7 heteroatoms. The number of primary amides is 1. The van der Waals surface area contributed by atoms with E-state index >= 15 is 0 Å². The van der Waals surface area contributed by atoms with Crippen molar-refractivity contribution < 1.29 is 15.0 Å². The van der Waals surface area contributed by atoms with Crippen molar-refractivity contribution >= 4 is 11.7 Å². The predicted octanol–water partition coefficient (Wildman–Crippen LogP) is -1.27. The molecule has 88 valence electrons. The van der Waals surface area contributed by atoms with E-state index in [1.165, 1.54) is 19.1 Å². The summed E-state index contributed by atoms with van der Waals surface area (Å²) in [6.45, 7) is 1.23. The quantitative estimate of drug-likeness (QED) is 0.496. The van der Waals surface area contributed by atoms with Gasteiger partial charge in [-0.15, -0.1) is 10.2 Å². The lowest BCUT2D eigenvalue weighted by Crippen LogP contribution is -2.37. The van der Waals surface area contributed by atoms with Crippen LogP contribution in [0.1, 0.15) is 17.4 Å². The molecule has 0 saturated carbocycles. The molecule has 1 aromatic rings. The minimum Gasteiger partial charge on any atom is -0.393 e. The molecule has 1 heterocycles. The number of carbonyl (C=O) groups is 1. The molecule has 0 saturated heterocycles. The predicted molar refractivity (Wildman–Crippen MR) is 56.7 cm³/mol. The standard InChI is InChI=1S/C9H14N4O3/c1-9(16,5-14)4-11-7-3-2-6(8(10)15)12-13-7/h2-3,14,16H,4-5H2,1H3,(H2,10,15)(H,11,13). The van der Waals surface area contributed by atoms with Crippen LogP contribution >= 0.6 is 0 Å². The Balaban J connectivity index is 2.59. The first-order valence-corrected chi connectivity index (χ1v) is 4.65. The molecule has 0 aromatic carbocycles. The Morgan fingerprint density at radius 2 is 2.25 bits per heavy atom. The second-order valence-corrected chi connectivity index (χ2v) is 3.68. The van der Waals surface area contributed by atoms with Crippen molar-refractivity contribution in [1.82, 2.24) is 10.2 Å². The highest BCUT2D eigenvalue weighted by atomic mass is 16.3. The van der Waals surface area contributed by atoms with E-state index in [0.717, 1.165) is 0 Å². The summed E-state index contributed by atoms with van der Waals surface area (Å²) in [6, 6.07) is 2.94. The van der Waals surface area contributed by atoms with Gasteiger partial charge < -0.3 is 21.3 Å². The molecule has 1 unspecified atom stereocenters. The van der Waals surface area contributed by atoms with Crippen molar-refractivity contribution in [2.24, 2.45) is 5.73 Å². The zero-order chi connectivity index (χ0) is 12.2. The number of aliphatic hydroxyl groups excluding tert-OH is 1. The van der Waals surface area contributed by atoms with Crippen LogP contribution in [-0.4, -0.2) is 45.1 Å². The van der Waals surface area contributed by atoms with E-state index in [2.05, 4.69) is 15.5 Å². The van der Waals surface area contributed by atoms with Crippen molar-refractivity contribution in [3.8, 4) is 0 Å². The fraction of sp³-hybridized carbons (Fsp3) is 0.444. The third kappa shape index (κ3) is 3.44. The molecule has 5 N–H and O–H groups in total. The molecule has 0 bridgehead atoms. The van der Waals surface area contributed by atoms with E-state index in [9.17, 15) is 9.90 Å². The largest absolute Gasteiger partial charge is 0.393 e. The van der Waals surface area contributed by atoms with E-state index in [1.54, 1.807) is 0 Å². The normalized spacial score (nSPS) is 14.2. The van der Waals surface area contributed by atoms with Crippen molar-refractivity contribution in [3.63, 3.8) is 0 Å². The molecular weight excluding hydrogens is 212 g/mol. The molecule has 1 rings (SSSR count). The number of carbonyl (C=O) groups excluding carboxylic acids is 1. The number of rotatable bonds is 5. The van der Waals surface area contributed by atoms with E-state index < -0.39 is 11.5 Å². The molecule has 0 fully saturated rings. The number of nitrogens with two attached hydrogens (primary N) is 1. The summed E-state index contributed by atoms with van der Waals surface area (Å²) in [5.74, 6) is -0.264. The van der Waals surface area contributed by atoms with Gasteiger partial charge >= 0.3 is 0 Å². The lowest BCUT2D eigenvalue weighted by molar-refractivity contribution is 0.0131. The molecule has 1 amide bonds. The van der Waals surface area contributed by atoms with Gasteiger partial charge in [-0.2, -0.15) is 0 Å². The van der Waals surface area contributed by atoms with E-state index in [-0.39, 0.29) is 18.8 Å². The zero-order valence-electron chi connectivity index (χ0n) is 8.84. The van der Waals surface area contributed by atoms with Gasteiger partial charge in [-0.1, -0.05) is 0 Å². The molecule has 0 aliphatic heterocycles. The summed E-state index contributed by atoms with van der Waals surface area (Å²) in [5.41, 5.74) is 3.83. The van der Waals surface area contributed by atoms with Crippen LogP contribution in [0.25, 0.3) is 0 Å². The maximum absolute atomic E-state index is 10.7. The first-order chi connectivity index (χ1) is 7.44. The minimum atomic E-state index is -1.23. The SMILES string of the molecule is CC(O)(CO)CNc1ccc(C(N)=O)nn1. The van der Waals surface area contributed by atoms with Gasteiger partial charge in [-0.3, -0.25) is 4.79 Å². The number of aromatic nitrogens is 2. The molecule has 0 radical (unpaired) electrons. The Labute approximate surface area is 92.3 Å². The molecule has 0 aliphatic carbocycles. The van der Waals surface area contributed by atoms with Crippen molar-refractivity contribution in [2.45, 2.75) is 12.5 Å². The molecule has 0 aliphatic rings. The molecular formula is C9H14N4O3. The number of hydrogen-bond acceptors (Lipinski definition) is 6. The van der Waals surface area contributed by atoms with Gasteiger partial charge in [0.1, 0.15) is 11.4 Å². The van der Waals surface area contributed by atoms with Crippen molar-refractivity contribution in [1.29, 1.82) is 0 Å².